The normalized spacial score (nSPS) is 20.4. The largest absolute Gasteiger partial charge is 0.380 e. The number of rotatable bonds is 7. The van der Waals surface area contributed by atoms with Crippen LogP contribution in [0.5, 0.6) is 0 Å². The number of nitrogens with zero attached hydrogens (tertiary/aromatic N) is 1. The minimum Gasteiger partial charge on any atom is -0.380 e. The Morgan fingerprint density at radius 1 is 1.32 bits per heavy atom. The van der Waals surface area contributed by atoms with Crippen molar-refractivity contribution in [1.82, 2.24) is 10.2 Å². The maximum Gasteiger partial charge on any atom is 0.254 e. The number of methoxy groups -OCH3 is 1. The van der Waals surface area contributed by atoms with E-state index in [-0.39, 0.29) is 23.8 Å². The molecule has 2 unspecified atom stereocenters. The number of unbranched alkanes of at least 4 members (excludes halogenated alkanes) is 1. The highest BCUT2D eigenvalue weighted by molar-refractivity contribution is 5.95. The fourth-order valence-corrected chi connectivity index (χ4v) is 3.26. The van der Waals surface area contributed by atoms with Crippen LogP contribution in [0.1, 0.15) is 55.5 Å². The first-order chi connectivity index (χ1) is 12.1. The molecule has 5 nitrogen and oxygen atoms in total. The zero-order chi connectivity index (χ0) is 18.2. The molecule has 0 saturated carbocycles. The van der Waals surface area contributed by atoms with E-state index >= 15 is 0 Å². The Hall–Kier alpha value is -1.88. The molecule has 1 saturated heterocycles. The maximum absolute atomic E-state index is 12.9. The Bertz CT molecular complexity index is 588. The van der Waals surface area contributed by atoms with E-state index in [2.05, 4.69) is 19.2 Å². The third-order valence-electron chi connectivity index (χ3n) is 4.83. The van der Waals surface area contributed by atoms with E-state index in [0.717, 1.165) is 31.2 Å². The van der Waals surface area contributed by atoms with Crippen LogP contribution in [0.25, 0.3) is 0 Å². The molecule has 1 aromatic carbocycles. The molecule has 1 aliphatic heterocycles. The van der Waals surface area contributed by atoms with Gasteiger partial charge in [0.15, 0.2) is 0 Å². The van der Waals surface area contributed by atoms with E-state index in [9.17, 15) is 9.59 Å². The van der Waals surface area contributed by atoms with Gasteiger partial charge in [0, 0.05) is 31.8 Å². The highest BCUT2D eigenvalue weighted by Crippen LogP contribution is 2.24. The van der Waals surface area contributed by atoms with E-state index in [4.69, 9.17) is 4.74 Å². The molecule has 25 heavy (non-hydrogen) atoms. The van der Waals surface area contributed by atoms with Gasteiger partial charge >= 0.3 is 0 Å². The monoisotopic (exact) mass is 346 g/mol. The molecule has 138 valence electrons. The van der Waals surface area contributed by atoms with Gasteiger partial charge in [0.1, 0.15) is 0 Å². The summed E-state index contributed by atoms with van der Waals surface area (Å²) >= 11 is 0. The van der Waals surface area contributed by atoms with E-state index in [1.54, 1.807) is 7.11 Å². The van der Waals surface area contributed by atoms with Gasteiger partial charge in [-0.2, -0.15) is 0 Å². The first kappa shape index (κ1) is 19.4. The Labute approximate surface area is 150 Å². The zero-order valence-corrected chi connectivity index (χ0v) is 15.6. The van der Waals surface area contributed by atoms with Crippen molar-refractivity contribution in [3.8, 4) is 0 Å². The average molecular weight is 346 g/mol. The molecule has 2 rings (SSSR count). The van der Waals surface area contributed by atoms with Crippen molar-refractivity contribution in [3.05, 3.63) is 35.4 Å². The van der Waals surface area contributed by atoms with Crippen LogP contribution in [0.4, 0.5) is 0 Å². The number of piperidine rings is 1. The van der Waals surface area contributed by atoms with Crippen molar-refractivity contribution in [1.29, 1.82) is 0 Å². The fourth-order valence-electron chi connectivity index (χ4n) is 3.26. The Kier molecular flexibility index (Phi) is 7.44. The van der Waals surface area contributed by atoms with Crippen molar-refractivity contribution < 1.29 is 14.3 Å². The second kappa shape index (κ2) is 9.56. The molecule has 5 heteroatoms. The third-order valence-corrected chi connectivity index (χ3v) is 4.83. The summed E-state index contributed by atoms with van der Waals surface area (Å²) < 4.78 is 5.15. The summed E-state index contributed by atoms with van der Waals surface area (Å²) in [7, 11) is 1.64. The first-order valence-electron chi connectivity index (χ1n) is 9.23. The second-order valence-corrected chi connectivity index (χ2v) is 6.86. The second-order valence-electron chi connectivity index (χ2n) is 6.86. The number of likely N-dealkylation sites (tertiary alicyclic amines) is 1. The number of amides is 2. The molecule has 1 aliphatic rings. The molecule has 0 bridgehead atoms. The van der Waals surface area contributed by atoms with Crippen LogP contribution in [0.15, 0.2) is 24.3 Å². The van der Waals surface area contributed by atoms with Gasteiger partial charge in [-0.1, -0.05) is 25.5 Å². The molecular formula is C20H30N2O3. The summed E-state index contributed by atoms with van der Waals surface area (Å²) in [6, 6.07) is 7.69. The van der Waals surface area contributed by atoms with Crippen molar-refractivity contribution >= 4 is 11.8 Å². The lowest BCUT2D eigenvalue weighted by atomic mass is 9.92. The zero-order valence-electron chi connectivity index (χ0n) is 15.6. The van der Waals surface area contributed by atoms with Gasteiger partial charge in [-0.15, -0.1) is 0 Å². The van der Waals surface area contributed by atoms with E-state index in [0.29, 0.717) is 25.3 Å². The molecule has 0 aromatic heterocycles. The first-order valence-corrected chi connectivity index (χ1v) is 9.23. The predicted octanol–water partition coefficient (Wildman–Crippen LogP) is 2.99. The highest BCUT2D eigenvalue weighted by Gasteiger charge is 2.32. The summed E-state index contributed by atoms with van der Waals surface area (Å²) in [5, 5.41) is 3.00. The van der Waals surface area contributed by atoms with Crippen molar-refractivity contribution in [2.45, 2.75) is 52.2 Å². The SMILES string of the molecule is CCCCNC(=O)C1CCC(C)N(C(=O)c2cccc(COC)c2)C1. The fraction of sp³-hybridized carbons (Fsp3) is 0.600. The van der Waals surface area contributed by atoms with Crippen LogP contribution in [-0.2, 0) is 16.1 Å². The van der Waals surface area contributed by atoms with Crippen molar-refractivity contribution in [2.75, 3.05) is 20.2 Å². The van der Waals surface area contributed by atoms with Gasteiger partial charge in [-0.3, -0.25) is 9.59 Å². The van der Waals surface area contributed by atoms with E-state index in [1.165, 1.54) is 0 Å². The van der Waals surface area contributed by atoms with Gasteiger partial charge in [-0.25, -0.2) is 0 Å². The maximum atomic E-state index is 12.9. The van der Waals surface area contributed by atoms with Gasteiger partial charge < -0.3 is 15.0 Å². The molecule has 2 atom stereocenters. The summed E-state index contributed by atoms with van der Waals surface area (Å²) in [5.41, 5.74) is 1.64. The number of ether oxygens (including phenoxy) is 1. The van der Waals surface area contributed by atoms with Crippen molar-refractivity contribution in [2.24, 2.45) is 5.92 Å². The summed E-state index contributed by atoms with van der Waals surface area (Å²) in [4.78, 5) is 27.2. The van der Waals surface area contributed by atoms with E-state index < -0.39 is 0 Å². The number of carbonyl (C=O) groups is 2. The van der Waals surface area contributed by atoms with Crippen LogP contribution in [0.2, 0.25) is 0 Å². The van der Waals surface area contributed by atoms with Crippen LogP contribution >= 0.6 is 0 Å². The average Bonchev–Trinajstić information content (AvgIpc) is 2.62. The van der Waals surface area contributed by atoms with Crippen LogP contribution in [0.3, 0.4) is 0 Å². The number of hydrogen-bond acceptors (Lipinski definition) is 3. The molecule has 1 fully saturated rings. The lowest BCUT2D eigenvalue weighted by Gasteiger charge is -2.37. The number of carbonyl (C=O) groups excluding carboxylic acids is 2. The molecule has 1 heterocycles. The molecule has 0 radical (unpaired) electrons. The quantitative estimate of drug-likeness (QED) is 0.772. The molecule has 1 aromatic rings. The topological polar surface area (TPSA) is 58.6 Å². The van der Waals surface area contributed by atoms with Gasteiger partial charge in [-0.05, 0) is 43.9 Å². The van der Waals surface area contributed by atoms with Gasteiger partial charge in [0.2, 0.25) is 5.91 Å². The summed E-state index contributed by atoms with van der Waals surface area (Å²) in [6.07, 6.45) is 3.75. The predicted molar refractivity (Wildman–Crippen MR) is 98.3 cm³/mol. The van der Waals surface area contributed by atoms with Crippen LogP contribution in [0, 0.1) is 5.92 Å². The smallest absolute Gasteiger partial charge is 0.254 e. The van der Waals surface area contributed by atoms with Crippen LogP contribution in [-0.4, -0.2) is 43.0 Å². The number of benzene rings is 1. The van der Waals surface area contributed by atoms with Crippen molar-refractivity contribution in [3.63, 3.8) is 0 Å². The molecule has 0 aliphatic carbocycles. The summed E-state index contributed by atoms with van der Waals surface area (Å²) in [5.74, 6) is -0.0399. The minimum absolute atomic E-state index is 0.00323. The molecular weight excluding hydrogens is 316 g/mol. The number of hydrogen-bond donors (Lipinski definition) is 1. The lowest BCUT2D eigenvalue weighted by molar-refractivity contribution is -0.126. The van der Waals surface area contributed by atoms with E-state index in [1.807, 2.05) is 29.2 Å². The minimum atomic E-state index is -0.112. The Balaban J connectivity index is 2.04. The highest BCUT2D eigenvalue weighted by atomic mass is 16.5. The van der Waals surface area contributed by atoms with Crippen LogP contribution < -0.4 is 5.32 Å². The lowest BCUT2D eigenvalue weighted by Crippen LogP contribution is -2.49. The van der Waals surface area contributed by atoms with Gasteiger partial charge in [0.25, 0.3) is 5.91 Å². The summed E-state index contributed by atoms with van der Waals surface area (Å²) in [6.45, 7) is 5.86. The molecule has 0 spiro atoms. The van der Waals surface area contributed by atoms with Gasteiger partial charge in [0.05, 0.1) is 12.5 Å². The number of nitrogens with one attached hydrogen (secondary N) is 1. The molecule has 1 N–H and O–H groups in total. The Morgan fingerprint density at radius 3 is 2.84 bits per heavy atom. The molecule has 2 amide bonds. The standard InChI is InChI=1S/C20H30N2O3/c1-4-5-11-21-19(23)18-10-9-15(2)22(13-18)20(24)17-8-6-7-16(12-17)14-25-3/h6-8,12,15,18H,4-5,9-11,13-14H2,1-3H3,(H,21,23). The third kappa shape index (κ3) is 5.30. The Morgan fingerprint density at radius 2 is 2.12 bits per heavy atom.